The summed E-state index contributed by atoms with van der Waals surface area (Å²) in [6, 6.07) is 12.6. The first-order valence-electron chi connectivity index (χ1n) is 9.36. The Kier molecular flexibility index (Phi) is 6.73. The van der Waals surface area contributed by atoms with Crippen molar-refractivity contribution in [2.24, 2.45) is 0 Å². The van der Waals surface area contributed by atoms with Crippen LogP contribution in [0.2, 0.25) is 15.1 Å². The minimum absolute atomic E-state index is 0.125. The maximum absolute atomic E-state index is 12.5. The molecule has 1 fully saturated rings. The summed E-state index contributed by atoms with van der Waals surface area (Å²) in [5.41, 5.74) is 1.26. The number of nitrogens with one attached hydrogen (secondary N) is 1. The van der Waals surface area contributed by atoms with Gasteiger partial charge < -0.3 is 10.2 Å². The summed E-state index contributed by atoms with van der Waals surface area (Å²) in [6.45, 7) is 1.85. The molecule has 0 aliphatic carbocycles. The molecule has 156 valence electrons. The van der Waals surface area contributed by atoms with Crippen molar-refractivity contribution in [1.82, 2.24) is 14.8 Å². The van der Waals surface area contributed by atoms with Crippen molar-refractivity contribution in [3.63, 3.8) is 0 Å². The van der Waals surface area contributed by atoms with E-state index in [1.807, 2.05) is 28.8 Å². The number of rotatable bonds is 6. The number of hydrogen-bond donors (Lipinski definition) is 1. The average Bonchev–Trinajstić information content (AvgIpc) is 3.38. The number of benzene rings is 2. The van der Waals surface area contributed by atoms with Crippen LogP contribution in [0, 0.1) is 0 Å². The molecule has 1 aliphatic heterocycles. The van der Waals surface area contributed by atoms with Gasteiger partial charge in [-0.25, -0.2) is 0 Å². The van der Waals surface area contributed by atoms with Crippen LogP contribution in [-0.2, 0) is 4.79 Å². The van der Waals surface area contributed by atoms with Crippen molar-refractivity contribution < 1.29 is 4.79 Å². The molecular weight excluding hydrogens is 465 g/mol. The molecule has 0 bridgehead atoms. The van der Waals surface area contributed by atoms with E-state index in [9.17, 15) is 4.79 Å². The Bertz CT molecular complexity index is 1050. The minimum Gasteiger partial charge on any atom is -0.341 e. The van der Waals surface area contributed by atoms with Crippen molar-refractivity contribution in [1.29, 1.82) is 0 Å². The molecule has 0 spiro atoms. The zero-order valence-electron chi connectivity index (χ0n) is 15.8. The van der Waals surface area contributed by atoms with E-state index in [2.05, 4.69) is 20.4 Å². The molecular formula is C20H18Cl3N5OS. The Hall–Kier alpha value is -1.93. The molecule has 1 amide bonds. The van der Waals surface area contributed by atoms with Crippen LogP contribution < -0.4 is 10.2 Å². The predicted molar refractivity (Wildman–Crippen MR) is 124 cm³/mol. The van der Waals surface area contributed by atoms with Gasteiger partial charge >= 0.3 is 0 Å². The normalized spacial score (nSPS) is 13.6. The van der Waals surface area contributed by atoms with Gasteiger partial charge in [0.1, 0.15) is 0 Å². The van der Waals surface area contributed by atoms with Gasteiger partial charge in [-0.2, -0.15) is 0 Å². The molecule has 1 aliphatic rings. The fourth-order valence-electron chi connectivity index (χ4n) is 3.24. The molecule has 3 aromatic rings. The molecule has 0 atom stereocenters. The summed E-state index contributed by atoms with van der Waals surface area (Å²) in [4.78, 5) is 14.7. The van der Waals surface area contributed by atoms with Crippen LogP contribution in [0.15, 0.2) is 47.6 Å². The molecule has 30 heavy (non-hydrogen) atoms. The van der Waals surface area contributed by atoms with E-state index in [1.165, 1.54) is 11.8 Å². The third-order valence-electron chi connectivity index (χ3n) is 4.63. The van der Waals surface area contributed by atoms with E-state index in [4.69, 9.17) is 34.8 Å². The maximum atomic E-state index is 12.5. The number of para-hydroxylation sites is 1. The van der Waals surface area contributed by atoms with Crippen LogP contribution in [0.5, 0.6) is 0 Å². The molecule has 0 radical (unpaired) electrons. The maximum Gasteiger partial charge on any atom is 0.234 e. The van der Waals surface area contributed by atoms with Crippen LogP contribution in [0.1, 0.15) is 12.8 Å². The molecule has 1 saturated heterocycles. The first-order valence-corrected chi connectivity index (χ1v) is 11.5. The number of hydrogen-bond acceptors (Lipinski definition) is 5. The lowest BCUT2D eigenvalue weighted by atomic mass is 10.3. The van der Waals surface area contributed by atoms with Gasteiger partial charge in [0.25, 0.3) is 0 Å². The summed E-state index contributed by atoms with van der Waals surface area (Å²) < 4.78 is 1.94. The molecule has 1 aromatic heterocycles. The van der Waals surface area contributed by atoms with Crippen molar-refractivity contribution >= 4 is 64.1 Å². The molecule has 0 unspecified atom stereocenters. The van der Waals surface area contributed by atoms with Crippen molar-refractivity contribution in [2.75, 3.05) is 29.1 Å². The number of halogens is 3. The highest BCUT2D eigenvalue weighted by atomic mass is 35.5. The second-order valence-electron chi connectivity index (χ2n) is 6.73. The lowest BCUT2D eigenvalue weighted by molar-refractivity contribution is -0.113. The van der Waals surface area contributed by atoms with Crippen LogP contribution in [0.4, 0.5) is 11.6 Å². The molecule has 2 heterocycles. The number of carbonyl (C=O) groups is 1. The third kappa shape index (κ3) is 4.70. The third-order valence-corrected chi connectivity index (χ3v) is 6.43. The fourth-order valence-corrected chi connectivity index (χ4v) is 4.67. The van der Waals surface area contributed by atoms with Gasteiger partial charge in [0.05, 0.1) is 27.2 Å². The topological polar surface area (TPSA) is 63.1 Å². The average molecular weight is 483 g/mol. The predicted octanol–water partition coefficient (Wildman–Crippen LogP) is 5.56. The molecule has 6 nitrogen and oxygen atoms in total. The molecule has 10 heteroatoms. The van der Waals surface area contributed by atoms with Gasteiger partial charge in [0, 0.05) is 18.1 Å². The van der Waals surface area contributed by atoms with Crippen molar-refractivity contribution in [3.05, 3.63) is 57.5 Å². The van der Waals surface area contributed by atoms with Crippen LogP contribution in [0.3, 0.4) is 0 Å². The van der Waals surface area contributed by atoms with Gasteiger partial charge in [-0.15, -0.1) is 10.2 Å². The quantitative estimate of drug-likeness (QED) is 0.466. The Labute approximate surface area is 193 Å². The Morgan fingerprint density at radius 1 is 1.03 bits per heavy atom. The van der Waals surface area contributed by atoms with E-state index in [0.717, 1.165) is 37.6 Å². The van der Waals surface area contributed by atoms with Crippen LogP contribution >= 0.6 is 46.6 Å². The van der Waals surface area contributed by atoms with E-state index in [-0.39, 0.29) is 11.7 Å². The number of anilines is 2. The van der Waals surface area contributed by atoms with Crippen molar-refractivity contribution in [2.45, 2.75) is 18.0 Å². The first kappa shape index (κ1) is 21.3. The van der Waals surface area contributed by atoms with Gasteiger partial charge in [-0.3, -0.25) is 9.36 Å². The SMILES string of the molecule is O=C(CSc1nnc(N2CCCC2)n1-c1cccc(Cl)c1)Nc1c(Cl)cccc1Cl. The summed E-state index contributed by atoms with van der Waals surface area (Å²) in [5, 5.41) is 13.5. The van der Waals surface area contributed by atoms with Crippen LogP contribution in [-0.4, -0.2) is 39.5 Å². The summed E-state index contributed by atoms with van der Waals surface area (Å²) in [6.07, 6.45) is 2.23. The van der Waals surface area contributed by atoms with Gasteiger partial charge in [0.15, 0.2) is 5.16 Å². The smallest absolute Gasteiger partial charge is 0.234 e. The summed E-state index contributed by atoms with van der Waals surface area (Å²) >= 11 is 19.8. The zero-order chi connectivity index (χ0) is 21.1. The summed E-state index contributed by atoms with van der Waals surface area (Å²) in [7, 11) is 0. The highest BCUT2D eigenvalue weighted by Gasteiger charge is 2.23. The highest BCUT2D eigenvalue weighted by Crippen LogP contribution is 2.32. The molecule has 2 aromatic carbocycles. The van der Waals surface area contributed by atoms with E-state index in [0.29, 0.717) is 25.9 Å². The van der Waals surface area contributed by atoms with E-state index >= 15 is 0 Å². The molecule has 4 rings (SSSR count). The Morgan fingerprint density at radius 3 is 2.43 bits per heavy atom. The number of amides is 1. The van der Waals surface area contributed by atoms with E-state index < -0.39 is 0 Å². The Balaban J connectivity index is 1.56. The number of nitrogens with zero attached hydrogens (tertiary/aromatic N) is 4. The van der Waals surface area contributed by atoms with Gasteiger partial charge in [-0.05, 0) is 43.2 Å². The molecule has 0 saturated carbocycles. The van der Waals surface area contributed by atoms with Crippen molar-refractivity contribution in [3.8, 4) is 5.69 Å². The van der Waals surface area contributed by atoms with E-state index in [1.54, 1.807) is 18.2 Å². The van der Waals surface area contributed by atoms with Gasteiger partial charge in [-0.1, -0.05) is 58.7 Å². The second kappa shape index (κ2) is 9.47. The standard InChI is InChI=1S/C20H18Cl3N5OS/c21-13-5-3-6-14(11-13)28-19(27-9-1-2-10-27)25-26-20(28)30-12-17(29)24-18-15(22)7-4-8-16(18)23/h3-8,11H,1-2,9-10,12H2,(H,24,29). The number of thioether (sulfide) groups is 1. The molecule has 1 N–H and O–H groups in total. The first-order chi connectivity index (χ1) is 14.5. The monoisotopic (exact) mass is 481 g/mol. The Morgan fingerprint density at radius 2 is 1.73 bits per heavy atom. The second-order valence-corrected chi connectivity index (χ2v) is 8.92. The zero-order valence-corrected chi connectivity index (χ0v) is 18.9. The lowest BCUT2D eigenvalue weighted by Gasteiger charge is -2.18. The number of aromatic nitrogens is 3. The highest BCUT2D eigenvalue weighted by molar-refractivity contribution is 7.99. The minimum atomic E-state index is -0.238. The summed E-state index contributed by atoms with van der Waals surface area (Å²) in [5.74, 6) is 0.644. The fraction of sp³-hybridized carbons (Fsp3) is 0.250. The number of carbonyl (C=O) groups excluding carboxylic acids is 1. The van der Waals surface area contributed by atoms with Gasteiger partial charge in [0.2, 0.25) is 11.9 Å². The lowest BCUT2D eigenvalue weighted by Crippen LogP contribution is -2.22. The largest absolute Gasteiger partial charge is 0.341 e. The van der Waals surface area contributed by atoms with Crippen LogP contribution in [0.25, 0.3) is 5.69 Å².